The predicted molar refractivity (Wildman–Crippen MR) is 123 cm³/mol. The van der Waals surface area contributed by atoms with E-state index in [2.05, 4.69) is 31.9 Å². The number of nitrogens with zero attached hydrogens (tertiary/aromatic N) is 1. The second-order valence-corrected chi connectivity index (χ2v) is 8.51. The molecule has 0 atom stereocenters. The van der Waals surface area contributed by atoms with E-state index in [-0.39, 0.29) is 16.8 Å². The lowest BCUT2D eigenvalue weighted by molar-refractivity contribution is 0.0556. The monoisotopic (exact) mass is 543 g/mol. The summed E-state index contributed by atoms with van der Waals surface area (Å²) in [6.45, 7) is 0. The summed E-state index contributed by atoms with van der Waals surface area (Å²) < 4.78 is 13.2. The van der Waals surface area contributed by atoms with Crippen LogP contribution in [-0.2, 0) is 9.47 Å². The largest absolute Gasteiger partial charge is 0.465 e. The topological polar surface area (TPSA) is 74.1 Å². The standard InChI is InChI=1S/C23H15Br2NO5/c1-30-22(28)18-17-9-5-13-11-15(25)8-10-16(13)26(17)20(19(18)23(29)31-2)21(27)12-3-6-14(24)7-4-12/h3-11H,1-2H3. The zero-order chi connectivity index (χ0) is 22.3. The van der Waals surface area contributed by atoms with Crippen LogP contribution < -0.4 is 0 Å². The summed E-state index contributed by atoms with van der Waals surface area (Å²) in [7, 11) is 2.43. The maximum atomic E-state index is 13.6. The van der Waals surface area contributed by atoms with Crippen molar-refractivity contribution in [3.8, 4) is 0 Å². The highest BCUT2D eigenvalue weighted by Crippen LogP contribution is 2.32. The first-order chi connectivity index (χ1) is 14.9. The van der Waals surface area contributed by atoms with Gasteiger partial charge in [-0.25, -0.2) is 9.59 Å². The summed E-state index contributed by atoms with van der Waals surface area (Å²) in [5.74, 6) is -1.95. The van der Waals surface area contributed by atoms with E-state index in [0.717, 1.165) is 14.3 Å². The molecule has 2 heterocycles. The van der Waals surface area contributed by atoms with Crippen molar-refractivity contribution in [1.82, 2.24) is 4.40 Å². The van der Waals surface area contributed by atoms with Crippen molar-refractivity contribution < 1.29 is 23.9 Å². The van der Waals surface area contributed by atoms with Gasteiger partial charge in [-0.2, -0.15) is 0 Å². The van der Waals surface area contributed by atoms with Gasteiger partial charge < -0.3 is 13.9 Å². The van der Waals surface area contributed by atoms with Gasteiger partial charge in [0.2, 0.25) is 5.78 Å². The van der Waals surface area contributed by atoms with Crippen LogP contribution in [0.1, 0.15) is 36.8 Å². The van der Waals surface area contributed by atoms with Gasteiger partial charge in [0.05, 0.1) is 25.3 Å². The molecule has 0 saturated heterocycles. The van der Waals surface area contributed by atoms with E-state index in [1.54, 1.807) is 34.7 Å². The molecule has 0 unspecified atom stereocenters. The Labute approximate surface area is 194 Å². The van der Waals surface area contributed by atoms with Crippen molar-refractivity contribution in [2.75, 3.05) is 14.2 Å². The lowest BCUT2D eigenvalue weighted by Crippen LogP contribution is -2.15. The molecular weight excluding hydrogens is 530 g/mol. The van der Waals surface area contributed by atoms with E-state index in [4.69, 9.17) is 9.47 Å². The first kappa shape index (κ1) is 21.3. The van der Waals surface area contributed by atoms with Gasteiger partial charge in [0, 0.05) is 14.5 Å². The van der Waals surface area contributed by atoms with Crippen molar-refractivity contribution in [2.24, 2.45) is 0 Å². The van der Waals surface area contributed by atoms with Crippen LogP contribution >= 0.6 is 31.9 Å². The smallest absolute Gasteiger partial charge is 0.341 e. The fraction of sp³-hybridized carbons (Fsp3) is 0.0870. The first-order valence-corrected chi connectivity index (χ1v) is 10.7. The SMILES string of the molecule is COC(=O)c1c(C(=O)OC)c2ccc3cc(Br)ccc3n2c1C(=O)c1ccc(Br)cc1. The lowest BCUT2D eigenvalue weighted by Gasteiger charge is -2.09. The Morgan fingerprint density at radius 1 is 0.742 bits per heavy atom. The van der Waals surface area contributed by atoms with Gasteiger partial charge in [0.1, 0.15) is 16.8 Å². The summed E-state index contributed by atoms with van der Waals surface area (Å²) in [5.41, 5.74) is 1.29. The summed E-state index contributed by atoms with van der Waals surface area (Å²) in [6.07, 6.45) is 0. The number of benzene rings is 2. The highest BCUT2D eigenvalue weighted by atomic mass is 79.9. The van der Waals surface area contributed by atoms with Crippen molar-refractivity contribution in [3.63, 3.8) is 0 Å². The van der Waals surface area contributed by atoms with Gasteiger partial charge in [-0.15, -0.1) is 0 Å². The number of aromatic nitrogens is 1. The van der Waals surface area contributed by atoms with Gasteiger partial charge in [0.25, 0.3) is 0 Å². The van der Waals surface area contributed by atoms with E-state index in [9.17, 15) is 14.4 Å². The number of hydrogen-bond donors (Lipinski definition) is 0. The Balaban J connectivity index is 2.19. The van der Waals surface area contributed by atoms with Crippen LogP contribution in [0.2, 0.25) is 0 Å². The van der Waals surface area contributed by atoms with E-state index in [1.807, 2.05) is 24.3 Å². The summed E-state index contributed by atoms with van der Waals surface area (Å²) in [6, 6.07) is 15.8. The van der Waals surface area contributed by atoms with Crippen LogP contribution in [0.3, 0.4) is 0 Å². The Morgan fingerprint density at radius 3 is 1.97 bits per heavy atom. The van der Waals surface area contributed by atoms with Crippen LogP contribution in [0.25, 0.3) is 16.4 Å². The first-order valence-electron chi connectivity index (χ1n) is 9.11. The molecule has 2 aromatic heterocycles. The van der Waals surface area contributed by atoms with E-state index < -0.39 is 17.7 Å². The fourth-order valence-electron chi connectivity index (χ4n) is 3.59. The Kier molecular flexibility index (Phi) is 5.68. The number of fused-ring (bicyclic) bond motifs is 3. The molecule has 6 nitrogen and oxygen atoms in total. The summed E-state index contributed by atoms with van der Waals surface area (Å²) in [5, 5.41) is 0.814. The molecule has 8 heteroatoms. The third-order valence-electron chi connectivity index (χ3n) is 4.96. The van der Waals surface area contributed by atoms with Gasteiger partial charge >= 0.3 is 11.9 Å². The number of methoxy groups -OCH3 is 2. The van der Waals surface area contributed by atoms with Gasteiger partial charge in [0.15, 0.2) is 0 Å². The maximum absolute atomic E-state index is 13.6. The number of ether oxygens (including phenoxy) is 2. The predicted octanol–water partition coefficient (Wildman–Crippen LogP) is 5.42. The molecule has 0 saturated carbocycles. The van der Waals surface area contributed by atoms with E-state index >= 15 is 0 Å². The zero-order valence-electron chi connectivity index (χ0n) is 16.4. The fourth-order valence-corrected chi connectivity index (χ4v) is 4.24. The number of ketones is 1. The number of pyridine rings is 1. The van der Waals surface area contributed by atoms with Crippen LogP contribution in [0.4, 0.5) is 0 Å². The molecule has 4 rings (SSSR count). The highest BCUT2D eigenvalue weighted by molar-refractivity contribution is 9.10. The molecule has 2 aromatic carbocycles. The third kappa shape index (κ3) is 3.55. The van der Waals surface area contributed by atoms with Crippen LogP contribution in [0, 0.1) is 0 Å². The Hall–Kier alpha value is -2.97. The molecule has 0 fully saturated rings. The number of rotatable bonds is 4. The van der Waals surface area contributed by atoms with Crippen LogP contribution in [0.5, 0.6) is 0 Å². The van der Waals surface area contributed by atoms with Gasteiger partial charge in [-0.1, -0.05) is 37.9 Å². The van der Waals surface area contributed by atoms with Crippen molar-refractivity contribution in [3.05, 3.63) is 85.9 Å². The molecule has 0 spiro atoms. The molecule has 4 aromatic rings. The van der Waals surface area contributed by atoms with Crippen LogP contribution in [0.15, 0.2) is 63.5 Å². The number of hydrogen-bond acceptors (Lipinski definition) is 5. The van der Waals surface area contributed by atoms with Gasteiger partial charge in [-0.3, -0.25) is 4.79 Å². The third-order valence-corrected chi connectivity index (χ3v) is 5.98. The molecule has 31 heavy (non-hydrogen) atoms. The molecule has 0 radical (unpaired) electrons. The lowest BCUT2D eigenvalue weighted by atomic mass is 10.0. The zero-order valence-corrected chi connectivity index (χ0v) is 19.6. The summed E-state index contributed by atoms with van der Waals surface area (Å²) >= 11 is 6.80. The molecule has 0 aliphatic heterocycles. The minimum Gasteiger partial charge on any atom is -0.465 e. The number of carbonyl (C=O) groups is 3. The number of esters is 2. The Morgan fingerprint density at radius 2 is 1.32 bits per heavy atom. The normalized spacial score (nSPS) is 11.0. The second-order valence-electron chi connectivity index (χ2n) is 6.67. The van der Waals surface area contributed by atoms with E-state index in [1.165, 1.54) is 14.2 Å². The van der Waals surface area contributed by atoms with E-state index in [0.29, 0.717) is 16.6 Å². The quantitative estimate of drug-likeness (QED) is 0.253. The maximum Gasteiger partial charge on any atom is 0.341 e. The average Bonchev–Trinajstić information content (AvgIpc) is 3.13. The molecule has 0 aliphatic rings. The minimum absolute atomic E-state index is 0.0142. The average molecular weight is 545 g/mol. The summed E-state index contributed by atoms with van der Waals surface area (Å²) in [4.78, 5) is 39.2. The molecule has 0 aliphatic carbocycles. The van der Waals surface area contributed by atoms with Crippen molar-refractivity contribution in [1.29, 1.82) is 0 Å². The Bertz CT molecular complexity index is 1370. The molecule has 0 amide bonds. The minimum atomic E-state index is -0.796. The van der Waals surface area contributed by atoms with Crippen LogP contribution in [-0.4, -0.2) is 36.3 Å². The van der Waals surface area contributed by atoms with Crippen molar-refractivity contribution in [2.45, 2.75) is 0 Å². The number of halogens is 2. The number of carbonyl (C=O) groups excluding carboxylic acids is 3. The molecule has 0 N–H and O–H groups in total. The molecule has 0 bridgehead atoms. The van der Waals surface area contributed by atoms with Crippen molar-refractivity contribution >= 4 is 66.0 Å². The highest BCUT2D eigenvalue weighted by Gasteiger charge is 2.33. The van der Waals surface area contributed by atoms with Gasteiger partial charge in [-0.05, 0) is 53.9 Å². The molecule has 156 valence electrons. The molecular formula is C23H15Br2NO5. The second kappa shape index (κ2) is 8.28.